The van der Waals surface area contributed by atoms with Crippen molar-refractivity contribution >= 4 is 21.8 Å². The van der Waals surface area contributed by atoms with Gasteiger partial charge >= 0.3 is 0 Å². The lowest BCUT2D eigenvalue weighted by molar-refractivity contribution is 0.0924. The minimum Gasteiger partial charge on any atom is -0.504 e. The number of rotatable bonds is 6. The zero-order valence-electron chi connectivity index (χ0n) is 11.4. The zero-order valence-corrected chi connectivity index (χ0v) is 13.0. The molecule has 0 aliphatic carbocycles. The normalized spacial score (nSPS) is 12.3. The highest BCUT2D eigenvalue weighted by molar-refractivity contribution is 9.09. The van der Waals surface area contributed by atoms with Gasteiger partial charge < -0.3 is 15.2 Å². The topological polar surface area (TPSA) is 58.6 Å². The molecule has 1 unspecified atom stereocenters. The molecular weight excluding hydrogens is 310 g/mol. The van der Waals surface area contributed by atoms with Crippen molar-refractivity contribution in [2.75, 3.05) is 12.4 Å². The van der Waals surface area contributed by atoms with Gasteiger partial charge in [-0.2, -0.15) is 0 Å². The summed E-state index contributed by atoms with van der Waals surface area (Å²) in [6, 6.07) is 4.74. The number of carbonyl (C=O) groups is 1. The summed E-state index contributed by atoms with van der Waals surface area (Å²) in [7, 11) is 1.47. The number of phenols is 1. The molecule has 1 aromatic rings. The second kappa shape index (κ2) is 7.38. The van der Waals surface area contributed by atoms with Gasteiger partial charge in [-0.1, -0.05) is 29.8 Å². The molecule has 0 heterocycles. The van der Waals surface area contributed by atoms with E-state index in [1.54, 1.807) is 12.1 Å². The fourth-order valence-corrected chi connectivity index (χ4v) is 2.27. The molecule has 0 aliphatic heterocycles. The van der Waals surface area contributed by atoms with Crippen LogP contribution in [0.1, 0.15) is 30.6 Å². The number of benzene rings is 1. The number of halogens is 1. The highest BCUT2D eigenvalue weighted by Crippen LogP contribution is 2.26. The summed E-state index contributed by atoms with van der Waals surface area (Å²) in [5, 5.41) is 13.5. The molecule has 1 amide bonds. The Balaban J connectivity index is 2.79. The van der Waals surface area contributed by atoms with Crippen molar-refractivity contribution < 1.29 is 14.6 Å². The zero-order chi connectivity index (χ0) is 14.4. The van der Waals surface area contributed by atoms with Gasteiger partial charge in [-0.3, -0.25) is 4.79 Å². The molecule has 0 aliphatic rings. The van der Waals surface area contributed by atoms with Gasteiger partial charge in [0.25, 0.3) is 5.91 Å². The maximum Gasteiger partial charge on any atom is 0.251 e. The second-order valence-electron chi connectivity index (χ2n) is 4.69. The predicted octanol–water partition coefficient (Wildman–Crippen LogP) is 2.94. The monoisotopic (exact) mass is 329 g/mol. The molecule has 1 rings (SSSR count). The summed E-state index contributed by atoms with van der Waals surface area (Å²) in [5.41, 5.74) is 0.429. The van der Waals surface area contributed by atoms with Gasteiger partial charge in [0.05, 0.1) is 7.11 Å². The first kappa shape index (κ1) is 15.8. The second-order valence-corrected chi connectivity index (χ2v) is 5.48. The molecule has 19 heavy (non-hydrogen) atoms. The Hall–Kier alpha value is -1.23. The minimum absolute atomic E-state index is 0.0308. The third-order valence-corrected chi connectivity index (χ3v) is 3.44. The number of hydrogen-bond acceptors (Lipinski definition) is 3. The van der Waals surface area contributed by atoms with Crippen molar-refractivity contribution in [3.63, 3.8) is 0 Å². The summed E-state index contributed by atoms with van der Waals surface area (Å²) in [4.78, 5) is 12.1. The van der Waals surface area contributed by atoms with E-state index in [-0.39, 0.29) is 17.7 Å². The lowest BCUT2D eigenvalue weighted by Gasteiger charge is -2.21. The SMILES string of the molecule is COc1ccc(C(=O)NC(CCBr)C(C)C)cc1O. The molecule has 0 bridgehead atoms. The fraction of sp³-hybridized carbons (Fsp3) is 0.500. The molecule has 2 N–H and O–H groups in total. The summed E-state index contributed by atoms with van der Waals surface area (Å²) >= 11 is 3.39. The third kappa shape index (κ3) is 4.42. The van der Waals surface area contributed by atoms with Crippen molar-refractivity contribution in [3.8, 4) is 11.5 Å². The Bertz CT molecular complexity index is 435. The van der Waals surface area contributed by atoms with Crippen molar-refractivity contribution in [1.82, 2.24) is 5.32 Å². The maximum absolute atomic E-state index is 12.1. The lowest BCUT2D eigenvalue weighted by atomic mass is 10.0. The lowest BCUT2D eigenvalue weighted by Crippen LogP contribution is -2.38. The highest BCUT2D eigenvalue weighted by Gasteiger charge is 2.17. The van der Waals surface area contributed by atoms with Crippen molar-refractivity contribution in [2.24, 2.45) is 5.92 Å². The fourth-order valence-electron chi connectivity index (χ4n) is 1.77. The van der Waals surface area contributed by atoms with E-state index in [2.05, 4.69) is 35.1 Å². The minimum atomic E-state index is -0.183. The molecule has 0 spiro atoms. The average molecular weight is 330 g/mol. The van der Waals surface area contributed by atoms with Crippen LogP contribution in [0.5, 0.6) is 11.5 Å². The van der Waals surface area contributed by atoms with Crippen LogP contribution >= 0.6 is 15.9 Å². The van der Waals surface area contributed by atoms with Crippen LogP contribution in [0.15, 0.2) is 18.2 Å². The molecule has 0 fully saturated rings. The van der Waals surface area contributed by atoms with E-state index in [4.69, 9.17) is 4.74 Å². The number of aromatic hydroxyl groups is 1. The highest BCUT2D eigenvalue weighted by atomic mass is 79.9. The van der Waals surface area contributed by atoms with Gasteiger partial charge in [-0.15, -0.1) is 0 Å². The Morgan fingerprint density at radius 1 is 1.47 bits per heavy atom. The predicted molar refractivity (Wildman–Crippen MR) is 79.2 cm³/mol. The van der Waals surface area contributed by atoms with E-state index in [0.717, 1.165) is 11.8 Å². The first-order valence-electron chi connectivity index (χ1n) is 6.23. The Labute approximate surface area is 122 Å². The Kier molecular flexibility index (Phi) is 6.15. The molecule has 106 valence electrons. The quantitative estimate of drug-likeness (QED) is 0.789. The molecule has 0 saturated carbocycles. The largest absolute Gasteiger partial charge is 0.504 e. The Morgan fingerprint density at radius 3 is 2.63 bits per heavy atom. The van der Waals surface area contributed by atoms with Crippen molar-refractivity contribution in [2.45, 2.75) is 26.3 Å². The van der Waals surface area contributed by atoms with E-state index < -0.39 is 0 Å². The number of phenolic OH excluding ortho intramolecular Hbond substituents is 1. The Morgan fingerprint density at radius 2 is 2.16 bits per heavy atom. The van der Waals surface area contributed by atoms with Crippen LogP contribution in [-0.4, -0.2) is 29.5 Å². The molecular formula is C14H20BrNO3. The number of ether oxygens (including phenoxy) is 1. The van der Waals surface area contributed by atoms with Gasteiger partial charge in [0.15, 0.2) is 11.5 Å². The van der Waals surface area contributed by atoms with Crippen LogP contribution in [0.4, 0.5) is 0 Å². The van der Waals surface area contributed by atoms with E-state index in [0.29, 0.717) is 17.2 Å². The number of hydrogen-bond donors (Lipinski definition) is 2. The number of alkyl halides is 1. The maximum atomic E-state index is 12.1. The molecule has 1 atom stereocenters. The van der Waals surface area contributed by atoms with Crippen molar-refractivity contribution in [1.29, 1.82) is 0 Å². The van der Waals surface area contributed by atoms with Crippen LogP contribution in [0.3, 0.4) is 0 Å². The summed E-state index contributed by atoms with van der Waals surface area (Å²) in [6.45, 7) is 4.14. The third-order valence-electron chi connectivity index (χ3n) is 2.98. The molecule has 4 nitrogen and oxygen atoms in total. The van der Waals surface area contributed by atoms with Crippen LogP contribution in [0, 0.1) is 5.92 Å². The number of carbonyl (C=O) groups excluding carboxylic acids is 1. The standard InChI is InChI=1S/C14H20BrNO3/c1-9(2)11(6-7-15)16-14(18)10-4-5-13(19-3)12(17)8-10/h4-5,8-9,11,17H,6-7H2,1-3H3,(H,16,18). The van der Waals surface area contributed by atoms with Gasteiger partial charge in [0.1, 0.15) is 0 Å². The molecule has 0 radical (unpaired) electrons. The van der Waals surface area contributed by atoms with Gasteiger partial charge in [-0.25, -0.2) is 0 Å². The summed E-state index contributed by atoms with van der Waals surface area (Å²) in [5.74, 6) is 0.500. The molecule has 1 aromatic carbocycles. The first-order valence-corrected chi connectivity index (χ1v) is 7.35. The van der Waals surface area contributed by atoms with Gasteiger partial charge in [-0.05, 0) is 30.5 Å². The molecule has 5 heteroatoms. The average Bonchev–Trinajstić information content (AvgIpc) is 2.37. The van der Waals surface area contributed by atoms with E-state index >= 15 is 0 Å². The number of nitrogens with one attached hydrogen (secondary N) is 1. The van der Waals surface area contributed by atoms with Crippen LogP contribution < -0.4 is 10.1 Å². The number of methoxy groups -OCH3 is 1. The molecule has 0 saturated heterocycles. The van der Waals surface area contributed by atoms with E-state index in [9.17, 15) is 9.90 Å². The van der Waals surface area contributed by atoms with E-state index in [1.807, 2.05) is 0 Å². The summed E-state index contributed by atoms with van der Waals surface area (Å²) < 4.78 is 4.95. The van der Waals surface area contributed by atoms with Crippen LogP contribution in [0.2, 0.25) is 0 Å². The van der Waals surface area contributed by atoms with Crippen molar-refractivity contribution in [3.05, 3.63) is 23.8 Å². The van der Waals surface area contributed by atoms with E-state index in [1.165, 1.54) is 13.2 Å². The smallest absolute Gasteiger partial charge is 0.251 e. The molecule has 0 aromatic heterocycles. The van der Waals surface area contributed by atoms with Crippen LogP contribution in [-0.2, 0) is 0 Å². The van der Waals surface area contributed by atoms with Gasteiger partial charge in [0.2, 0.25) is 0 Å². The first-order chi connectivity index (χ1) is 8.99. The number of amides is 1. The van der Waals surface area contributed by atoms with Crippen LogP contribution in [0.25, 0.3) is 0 Å². The van der Waals surface area contributed by atoms with Gasteiger partial charge in [0, 0.05) is 16.9 Å². The summed E-state index contributed by atoms with van der Waals surface area (Å²) in [6.07, 6.45) is 0.867.